The van der Waals surface area contributed by atoms with E-state index >= 15 is 0 Å². The zero-order valence-electron chi connectivity index (χ0n) is 20.1. The van der Waals surface area contributed by atoms with Crippen molar-refractivity contribution in [2.75, 3.05) is 23.3 Å². The van der Waals surface area contributed by atoms with Crippen LogP contribution in [0.25, 0.3) is 0 Å². The molecule has 0 heterocycles. The number of carbonyl (C=O) groups is 2. The van der Waals surface area contributed by atoms with E-state index in [2.05, 4.69) is 10.6 Å². The molecule has 9 heteroatoms. The highest BCUT2D eigenvalue weighted by Gasteiger charge is 2.28. The molecule has 0 aliphatic carbocycles. The van der Waals surface area contributed by atoms with Crippen LogP contribution in [0.15, 0.2) is 77.7 Å². The molecule has 3 rings (SSSR count). The van der Waals surface area contributed by atoms with Crippen LogP contribution in [0.3, 0.4) is 0 Å². The van der Waals surface area contributed by atoms with Crippen LogP contribution in [-0.4, -0.2) is 39.9 Å². The van der Waals surface area contributed by atoms with Crippen molar-refractivity contribution in [1.29, 1.82) is 0 Å². The first-order chi connectivity index (χ1) is 16.6. The topological polar surface area (TPSA) is 105 Å². The number of amides is 2. The molecule has 2 N–H and O–H groups in total. The lowest BCUT2D eigenvalue weighted by Gasteiger charge is -2.24. The number of benzene rings is 3. The predicted octanol–water partition coefficient (Wildman–Crippen LogP) is 3.98. The van der Waals surface area contributed by atoms with Crippen LogP contribution in [0.1, 0.15) is 29.8 Å². The van der Waals surface area contributed by atoms with Crippen LogP contribution >= 0.6 is 0 Å². The van der Waals surface area contributed by atoms with Gasteiger partial charge in [-0.15, -0.1) is 0 Å². The standard InChI is InChI=1S/C26H29N3O5S/c1-18(2)27-26(31)23-7-5-6-8-24(23)28-25(30)17-29(20-11-13-21(34-4)14-12-20)35(32,33)22-15-9-19(3)10-16-22/h5-16,18H,17H2,1-4H3,(H,27,31)(H,28,30). The van der Waals surface area contributed by atoms with Crippen LogP contribution in [0, 0.1) is 6.92 Å². The molecular formula is C26H29N3O5S. The second-order valence-electron chi connectivity index (χ2n) is 8.24. The van der Waals surface area contributed by atoms with Crippen molar-refractivity contribution in [2.45, 2.75) is 31.7 Å². The number of rotatable bonds is 9. The van der Waals surface area contributed by atoms with Crippen molar-refractivity contribution in [3.05, 3.63) is 83.9 Å². The third kappa shape index (κ3) is 6.39. The zero-order valence-corrected chi connectivity index (χ0v) is 20.9. The molecular weight excluding hydrogens is 466 g/mol. The summed E-state index contributed by atoms with van der Waals surface area (Å²) in [5.41, 5.74) is 1.78. The monoisotopic (exact) mass is 495 g/mol. The predicted molar refractivity (Wildman–Crippen MR) is 136 cm³/mol. The van der Waals surface area contributed by atoms with Gasteiger partial charge >= 0.3 is 0 Å². The van der Waals surface area contributed by atoms with Gasteiger partial charge in [-0.1, -0.05) is 29.8 Å². The fourth-order valence-electron chi connectivity index (χ4n) is 3.35. The lowest BCUT2D eigenvalue weighted by molar-refractivity contribution is -0.114. The smallest absolute Gasteiger partial charge is 0.264 e. The number of ether oxygens (including phenoxy) is 1. The molecule has 3 aromatic rings. The molecule has 0 radical (unpaired) electrons. The van der Waals surface area contributed by atoms with Crippen LogP contribution in [0.5, 0.6) is 5.75 Å². The van der Waals surface area contributed by atoms with Crippen LogP contribution in [-0.2, 0) is 14.8 Å². The summed E-state index contributed by atoms with van der Waals surface area (Å²) >= 11 is 0. The number of hydrogen-bond acceptors (Lipinski definition) is 5. The van der Waals surface area contributed by atoms with Gasteiger partial charge in [-0.25, -0.2) is 8.42 Å². The Morgan fingerprint density at radius 2 is 1.57 bits per heavy atom. The summed E-state index contributed by atoms with van der Waals surface area (Å²) in [6, 6.07) is 19.3. The van der Waals surface area contributed by atoms with E-state index in [9.17, 15) is 18.0 Å². The molecule has 0 saturated carbocycles. The van der Waals surface area contributed by atoms with Gasteiger partial charge in [-0.3, -0.25) is 13.9 Å². The molecule has 0 saturated heterocycles. The van der Waals surface area contributed by atoms with Crippen molar-refractivity contribution >= 4 is 33.2 Å². The highest BCUT2D eigenvalue weighted by Crippen LogP contribution is 2.26. The van der Waals surface area contributed by atoms with Crippen molar-refractivity contribution in [2.24, 2.45) is 0 Å². The van der Waals surface area contributed by atoms with Gasteiger partial charge in [0.05, 0.1) is 28.9 Å². The Bertz CT molecular complexity index is 1290. The van der Waals surface area contributed by atoms with Gasteiger partial charge in [0.1, 0.15) is 12.3 Å². The van der Waals surface area contributed by atoms with Gasteiger partial charge < -0.3 is 15.4 Å². The molecule has 184 valence electrons. The molecule has 0 bridgehead atoms. The minimum Gasteiger partial charge on any atom is -0.497 e. The summed E-state index contributed by atoms with van der Waals surface area (Å²) in [7, 11) is -2.56. The van der Waals surface area contributed by atoms with E-state index in [1.165, 1.54) is 19.2 Å². The van der Waals surface area contributed by atoms with Gasteiger partial charge in [0.2, 0.25) is 5.91 Å². The van der Waals surface area contributed by atoms with Gasteiger partial charge in [-0.05, 0) is 69.3 Å². The third-order valence-corrected chi connectivity index (χ3v) is 6.91. The van der Waals surface area contributed by atoms with E-state index in [-0.39, 0.29) is 28.1 Å². The number of anilines is 2. The van der Waals surface area contributed by atoms with Gasteiger partial charge in [0.15, 0.2) is 0 Å². The highest BCUT2D eigenvalue weighted by atomic mass is 32.2. The Kier molecular flexibility index (Phi) is 8.14. The molecule has 2 amide bonds. The fourth-order valence-corrected chi connectivity index (χ4v) is 4.77. The molecule has 8 nitrogen and oxygen atoms in total. The SMILES string of the molecule is COc1ccc(N(CC(=O)Nc2ccccc2C(=O)NC(C)C)S(=O)(=O)c2ccc(C)cc2)cc1. The largest absolute Gasteiger partial charge is 0.497 e. The normalized spacial score (nSPS) is 11.1. The maximum Gasteiger partial charge on any atom is 0.264 e. The average molecular weight is 496 g/mol. The summed E-state index contributed by atoms with van der Waals surface area (Å²) in [4.78, 5) is 25.7. The Labute approximate surface area is 206 Å². The molecule has 0 fully saturated rings. The summed E-state index contributed by atoms with van der Waals surface area (Å²) in [5, 5.41) is 5.48. The van der Waals surface area contributed by atoms with E-state index in [1.807, 2.05) is 20.8 Å². The van der Waals surface area contributed by atoms with Crippen molar-refractivity contribution in [3.63, 3.8) is 0 Å². The summed E-state index contributed by atoms with van der Waals surface area (Å²) in [6.07, 6.45) is 0. The molecule has 0 spiro atoms. The summed E-state index contributed by atoms with van der Waals surface area (Å²) in [5.74, 6) is -0.382. The lowest BCUT2D eigenvalue weighted by Crippen LogP contribution is -2.38. The maximum atomic E-state index is 13.5. The Balaban J connectivity index is 1.93. The molecule has 35 heavy (non-hydrogen) atoms. The van der Waals surface area contributed by atoms with Gasteiger partial charge in [0, 0.05) is 6.04 Å². The summed E-state index contributed by atoms with van der Waals surface area (Å²) < 4.78 is 33.3. The lowest BCUT2D eigenvalue weighted by atomic mass is 10.1. The minimum atomic E-state index is -4.07. The van der Waals surface area contributed by atoms with Crippen LogP contribution in [0.2, 0.25) is 0 Å². The molecule has 3 aromatic carbocycles. The number of nitrogens with one attached hydrogen (secondary N) is 2. The van der Waals surface area contributed by atoms with Crippen LogP contribution < -0.4 is 19.7 Å². The maximum absolute atomic E-state index is 13.5. The van der Waals surface area contributed by atoms with Gasteiger partial charge in [0.25, 0.3) is 15.9 Å². The van der Waals surface area contributed by atoms with E-state index in [0.717, 1.165) is 9.87 Å². The zero-order chi connectivity index (χ0) is 25.6. The highest BCUT2D eigenvalue weighted by molar-refractivity contribution is 7.92. The third-order valence-electron chi connectivity index (χ3n) is 5.12. The fraction of sp³-hybridized carbons (Fsp3) is 0.231. The van der Waals surface area contributed by atoms with E-state index < -0.39 is 22.5 Å². The summed E-state index contributed by atoms with van der Waals surface area (Å²) in [6.45, 7) is 5.03. The van der Waals surface area contributed by atoms with E-state index in [1.54, 1.807) is 60.7 Å². The van der Waals surface area contributed by atoms with Gasteiger partial charge in [-0.2, -0.15) is 0 Å². The Morgan fingerprint density at radius 3 is 2.17 bits per heavy atom. The first kappa shape index (κ1) is 25.8. The quantitative estimate of drug-likeness (QED) is 0.467. The number of hydrogen-bond donors (Lipinski definition) is 2. The van der Waals surface area contributed by atoms with E-state index in [0.29, 0.717) is 11.4 Å². The minimum absolute atomic E-state index is 0.0587. The average Bonchev–Trinajstić information content (AvgIpc) is 2.82. The second kappa shape index (κ2) is 11.1. The first-order valence-corrected chi connectivity index (χ1v) is 12.5. The number of aryl methyl sites for hydroxylation is 1. The molecule has 0 atom stereocenters. The number of carbonyl (C=O) groups excluding carboxylic acids is 2. The number of para-hydroxylation sites is 1. The number of methoxy groups -OCH3 is 1. The molecule has 0 aliphatic heterocycles. The molecule has 0 aromatic heterocycles. The van der Waals surface area contributed by atoms with E-state index in [4.69, 9.17) is 4.74 Å². The van der Waals surface area contributed by atoms with Crippen molar-refractivity contribution < 1.29 is 22.7 Å². The van der Waals surface area contributed by atoms with Crippen molar-refractivity contribution in [3.8, 4) is 5.75 Å². The Morgan fingerprint density at radius 1 is 0.943 bits per heavy atom. The van der Waals surface area contributed by atoms with Crippen molar-refractivity contribution in [1.82, 2.24) is 5.32 Å². The number of nitrogens with zero attached hydrogens (tertiary/aromatic N) is 1. The number of sulfonamides is 1. The second-order valence-corrected chi connectivity index (χ2v) is 10.1. The molecule has 0 aliphatic rings. The molecule has 0 unspecified atom stereocenters. The Hall–Kier alpha value is -3.85. The first-order valence-electron chi connectivity index (χ1n) is 11.0. The van der Waals surface area contributed by atoms with Crippen LogP contribution in [0.4, 0.5) is 11.4 Å².